The average Bonchev–Trinajstić information content (AvgIpc) is 2.89. The summed E-state index contributed by atoms with van der Waals surface area (Å²) in [6.45, 7) is 8.59. The fraction of sp³-hybridized carbons (Fsp3) is 0.259. The van der Waals surface area contributed by atoms with Gasteiger partial charge in [0.2, 0.25) is 5.95 Å². The van der Waals surface area contributed by atoms with E-state index in [1.807, 2.05) is 36.4 Å². The maximum Gasteiger partial charge on any atom is 0.229 e. The van der Waals surface area contributed by atoms with Crippen LogP contribution in [-0.4, -0.2) is 41.0 Å². The second kappa shape index (κ2) is 12.9. The molecule has 0 fully saturated rings. The van der Waals surface area contributed by atoms with Crippen LogP contribution in [0.15, 0.2) is 54.6 Å². The molecule has 3 aromatic carbocycles. The van der Waals surface area contributed by atoms with Crippen molar-refractivity contribution in [3.05, 3.63) is 80.3 Å². The predicted molar refractivity (Wildman–Crippen MR) is 159 cm³/mol. The van der Waals surface area contributed by atoms with E-state index in [9.17, 15) is 0 Å². The number of hydrogen-bond donors (Lipinski definition) is 3. The summed E-state index contributed by atoms with van der Waals surface area (Å²) >= 11 is 24.5. The Bertz CT molecular complexity index is 1380. The van der Waals surface area contributed by atoms with Crippen LogP contribution in [0.1, 0.15) is 19.4 Å². The number of fused-ring (bicyclic) bond motifs is 1. The van der Waals surface area contributed by atoms with E-state index in [1.54, 1.807) is 18.2 Å². The largest absolute Gasteiger partial charge is 0.381 e. The summed E-state index contributed by atoms with van der Waals surface area (Å²) in [6.07, 6.45) is 0. The Labute approximate surface area is 237 Å². The van der Waals surface area contributed by atoms with Crippen LogP contribution in [0.3, 0.4) is 0 Å². The standard InChI is InChI=1S/C27H28Cl4N6/c1-3-37(4-2)12-11-32-26-20-8-6-18(33-16-17-5-9-21(28)23(30)13-17)15-25(20)35-27(36-26)34-19-7-10-22(29)24(31)14-19/h5-10,13-15,33H,3-4,11-12,16H2,1-2H3,(H2,32,34,35,36). The van der Waals surface area contributed by atoms with Crippen molar-refractivity contribution in [3.8, 4) is 0 Å². The first-order valence-corrected chi connectivity index (χ1v) is 13.5. The number of anilines is 4. The molecule has 37 heavy (non-hydrogen) atoms. The molecule has 4 aromatic rings. The van der Waals surface area contributed by atoms with Crippen molar-refractivity contribution in [1.82, 2.24) is 14.9 Å². The molecule has 1 heterocycles. The summed E-state index contributed by atoms with van der Waals surface area (Å²) in [4.78, 5) is 11.9. The number of aromatic nitrogens is 2. The monoisotopic (exact) mass is 576 g/mol. The Balaban J connectivity index is 1.60. The third-order valence-electron chi connectivity index (χ3n) is 5.97. The summed E-state index contributed by atoms with van der Waals surface area (Å²) in [5.74, 6) is 1.22. The summed E-state index contributed by atoms with van der Waals surface area (Å²) in [7, 11) is 0. The smallest absolute Gasteiger partial charge is 0.229 e. The second-order valence-corrected chi connectivity index (χ2v) is 10.1. The van der Waals surface area contributed by atoms with E-state index in [1.165, 1.54) is 0 Å². The second-order valence-electron chi connectivity index (χ2n) is 8.44. The number of benzene rings is 3. The molecule has 0 aliphatic heterocycles. The number of likely N-dealkylation sites (N-methyl/N-ethyl adjacent to an activating group) is 1. The molecular formula is C27H28Cl4N6. The Morgan fingerprint density at radius 2 is 1.43 bits per heavy atom. The van der Waals surface area contributed by atoms with Gasteiger partial charge >= 0.3 is 0 Å². The van der Waals surface area contributed by atoms with E-state index < -0.39 is 0 Å². The van der Waals surface area contributed by atoms with E-state index in [0.717, 1.165) is 59.8 Å². The molecule has 0 amide bonds. The van der Waals surface area contributed by atoms with E-state index in [0.29, 0.717) is 32.6 Å². The van der Waals surface area contributed by atoms with Gasteiger partial charge in [-0.25, -0.2) is 4.98 Å². The van der Waals surface area contributed by atoms with E-state index >= 15 is 0 Å². The van der Waals surface area contributed by atoms with Gasteiger partial charge < -0.3 is 20.9 Å². The number of halogens is 4. The van der Waals surface area contributed by atoms with Gasteiger partial charge in [0.25, 0.3) is 0 Å². The number of nitrogens with one attached hydrogen (secondary N) is 3. The van der Waals surface area contributed by atoms with E-state index in [4.69, 9.17) is 56.4 Å². The lowest BCUT2D eigenvalue weighted by atomic mass is 10.2. The molecule has 0 aliphatic carbocycles. The van der Waals surface area contributed by atoms with Crippen molar-refractivity contribution in [3.63, 3.8) is 0 Å². The molecule has 0 bridgehead atoms. The topological polar surface area (TPSA) is 65.1 Å². The third-order valence-corrected chi connectivity index (χ3v) is 7.45. The fourth-order valence-electron chi connectivity index (χ4n) is 3.86. The Morgan fingerprint density at radius 3 is 2.14 bits per heavy atom. The molecule has 6 nitrogen and oxygen atoms in total. The lowest BCUT2D eigenvalue weighted by Crippen LogP contribution is -2.28. The van der Waals surface area contributed by atoms with Gasteiger partial charge in [-0.05, 0) is 67.2 Å². The highest BCUT2D eigenvalue weighted by Crippen LogP contribution is 2.29. The highest BCUT2D eigenvalue weighted by atomic mass is 35.5. The predicted octanol–water partition coefficient (Wildman–Crippen LogP) is 8.35. The first-order chi connectivity index (χ1) is 17.9. The van der Waals surface area contributed by atoms with Crippen molar-refractivity contribution >= 4 is 80.4 Å². The zero-order chi connectivity index (χ0) is 26.4. The first-order valence-electron chi connectivity index (χ1n) is 12.0. The normalized spacial score (nSPS) is 11.2. The Hall–Kier alpha value is -2.48. The van der Waals surface area contributed by atoms with Crippen LogP contribution in [0, 0.1) is 0 Å². The van der Waals surface area contributed by atoms with Crippen LogP contribution in [0.5, 0.6) is 0 Å². The third kappa shape index (κ3) is 7.30. The lowest BCUT2D eigenvalue weighted by Gasteiger charge is -2.19. The van der Waals surface area contributed by atoms with Crippen LogP contribution < -0.4 is 16.0 Å². The highest BCUT2D eigenvalue weighted by molar-refractivity contribution is 6.42. The van der Waals surface area contributed by atoms with Crippen LogP contribution in [0.25, 0.3) is 10.9 Å². The number of rotatable bonds is 11. The molecule has 10 heteroatoms. The molecule has 3 N–H and O–H groups in total. The van der Waals surface area contributed by atoms with Crippen molar-refractivity contribution in [1.29, 1.82) is 0 Å². The van der Waals surface area contributed by atoms with Gasteiger partial charge in [-0.3, -0.25) is 0 Å². The first kappa shape index (κ1) is 27.6. The van der Waals surface area contributed by atoms with Crippen molar-refractivity contribution in [2.45, 2.75) is 20.4 Å². The minimum atomic E-state index is 0.456. The number of hydrogen-bond acceptors (Lipinski definition) is 6. The van der Waals surface area contributed by atoms with E-state index in [2.05, 4.69) is 34.7 Å². The van der Waals surface area contributed by atoms with Crippen molar-refractivity contribution in [2.24, 2.45) is 0 Å². The van der Waals surface area contributed by atoms with Gasteiger partial charge in [0, 0.05) is 36.4 Å². The van der Waals surface area contributed by atoms with Crippen LogP contribution in [0.4, 0.5) is 23.1 Å². The van der Waals surface area contributed by atoms with Crippen LogP contribution in [0.2, 0.25) is 20.1 Å². The Kier molecular flexibility index (Phi) is 9.57. The molecule has 0 saturated heterocycles. The molecule has 0 aliphatic rings. The minimum absolute atomic E-state index is 0.456. The number of nitrogens with zero attached hydrogens (tertiary/aromatic N) is 3. The summed E-state index contributed by atoms with van der Waals surface area (Å²) in [5.41, 5.74) is 3.49. The zero-order valence-electron chi connectivity index (χ0n) is 20.6. The van der Waals surface area contributed by atoms with Gasteiger partial charge in [0.15, 0.2) is 0 Å². The van der Waals surface area contributed by atoms with Crippen molar-refractivity contribution in [2.75, 3.05) is 42.1 Å². The molecule has 0 saturated carbocycles. The SMILES string of the molecule is CCN(CC)CCNc1nc(Nc2ccc(Cl)c(Cl)c2)nc2cc(NCc3ccc(Cl)c(Cl)c3)ccc12. The maximum atomic E-state index is 6.20. The van der Waals surface area contributed by atoms with Crippen molar-refractivity contribution < 1.29 is 0 Å². The van der Waals surface area contributed by atoms with Gasteiger partial charge in [0.1, 0.15) is 5.82 Å². The molecule has 0 atom stereocenters. The minimum Gasteiger partial charge on any atom is -0.381 e. The fourth-order valence-corrected chi connectivity index (χ4v) is 4.48. The van der Waals surface area contributed by atoms with E-state index in [-0.39, 0.29) is 0 Å². The average molecular weight is 578 g/mol. The zero-order valence-corrected chi connectivity index (χ0v) is 23.6. The molecule has 194 valence electrons. The van der Waals surface area contributed by atoms with Crippen LogP contribution in [-0.2, 0) is 6.54 Å². The molecule has 0 spiro atoms. The quantitative estimate of drug-likeness (QED) is 0.166. The summed E-state index contributed by atoms with van der Waals surface area (Å²) in [5, 5.41) is 13.1. The van der Waals surface area contributed by atoms with Crippen LogP contribution >= 0.6 is 46.4 Å². The maximum absolute atomic E-state index is 6.20. The molecule has 1 aromatic heterocycles. The Morgan fingerprint density at radius 1 is 0.730 bits per heavy atom. The van der Waals surface area contributed by atoms with Gasteiger partial charge in [-0.2, -0.15) is 4.98 Å². The highest BCUT2D eigenvalue weighted by Gasteiger charge is 2.11. The van der Waals surface area contributed by atoms with Gasteiger partial charge in [-0.1, -0.05) is 66.3 Å². The molecule has 0 radical (unpaired) electrons. The molecular weight excluding hydrogens is 550 g/mol. The summed E-state index contributed by atoms with van der Waals surface area (Å²) < 4.78 is 0. The molecule has 4 rings (SSSR count). The summed E-state index contributed by atoms with van der Waals surface area (Å²) in [6, 6.07) is 17.0. The molecule has 0 unspecified atom stereocenters. The van der Waals surface area contributed by atoms with Gasteiger partial charge in [-0.15, -0.1) is 0 Å². The van der Waals surface area contributed by atoms with Gasteiger partial charge in [0.05, 0.1) is 25.6 Å². The lowest BCUT2D eigenvalue weighted by molar-refractivity contribution is 0.316.